The first-order valence-corrected chi connectivity index (χ1v) is 8.83. The molecule has 148 valence electrons. The second-order valence-electron chi connectivity index (χ2n) is 5.86. The van der Waals surface area contributed by atoms with Crippen molar-refractivity contribution in [1.82, 2.24) is 9.97 Å². The van der Waals surface area contributed by atoms with Crippen molar-refractivity contribution in [3.8, 4) is 17.2 Å². The summed E-state index contributed by atoms with van der Waals surface area (Å²) in [6.45, 7) is 1.85. The van der Waals surface area contributed by atoms with E-state index in [1.165, 1.54) is 5.06 Å². The van der Waals surface area contributed by atoms with Crippen LogP contribution >= 0.6 is 11.6 Å². The normalized spacial score (nSPS) is 11.8. The SMILES string of the molecule is COc1cc(Cc2cnc(N(C)OC(C)CCl)nc2N)cc(OC)c1OC. The summed E-state index contributed by atoms with van der Waals surface area (Å²) < 4.78 is 16.1. The molecule has 0 radical (unpaired) electrons. The van der Waals surface area contributed by atoms with Gasteiger partial charge >= 0.3 is 0 Å². The van der Waals surface area contributed by atoms with Crippen LogP contribution < -0.4 is 25.0 Å². The molecule has 0 amide bonds. The van der Waals surface area contributed by atoms with Crippen LogP contribution in [0.1, 0.15) is 18.1 Å². The Morgan fingerprint density at radius 3 is 2.26 bits per heavy atom. The highest BCUT2D eigenvalue weighted by Crippen LogP contribution is 2.38. The molecule has 0 aliphatic carbocycles. The largest absolute Gasteiger partial charge is 0.493 e. The highest BCUT2D eigenvalue weighted by atomic mass is 35.5. The van der Waals surface area contributed by atoms with E-state index in [1.807, 2.05) is 19.1 Å². The molecule has 1 unspecified atom stereocenters. The van der Waals surface area contributed by atoms with Gasteiger partial charge in [0.05, 0.1) is 33.3 Å². The average molecular weight is 397 g/mol. The molecule has 0 bridgehead atoms. The summed E-state index contributed by atoms with van der Waals surface area (Å²) in [6, 6.07) is 3.73. The van der Waals surface area contributed by atoms with Crippen LogP contribution in [0.15, 0.2) is 18.3 Å². The van der Waals surface area contributed by atoms with Crippen molar-refractivity contribution in [3.63, 3.8) is 0 Å². The highest BCUT2D eigenvalue weighted by Gasteiger charge is 2.16. The van der Waals surface area contributed by atoms with Crippen molar-refractivity contribution in [2.24, 2.45) is 0 Å². The minimum absolute atomic E-state index is 0.166. The number of benzene rings is 1. The molecule has 0 fully saturated rings. The Morgan fingerprint density at radius 1 is 1.15 bits per heavy atom. The fourth-order valence-electron chi connectivity index (χ4n) is 2.50. The Labute approximate surface area is 164 Å². The number of halogens is 1. The standard InChI is InChI=1S/C18H25ClN4O4/c1-11(9-19)27-23(2)18-21-10-13(17(20)22-18)6-12-7-14(24-3)16(26-5)15(8-12)25-4/h7-8,10-11H,6,9H2,1-5H3,(H2,20,21,22). The molecule has 0 saturated carbocycles. The summed E-state index contributed by atoms with van der Waals surface area (Å²) in [6.07, 6.45) is 2.01. The number of nitrogens with two attached hydrogens (primary N) is 1. The number of alkyl halides is 1. The number of nitrogen functional groups attached to an aromatic ring is 1. The third-order valence-corrected chi connectivity index (χ3v) is 4.28. The Kier molecular flexibility index (Phi) is 7.32. The van der Waals surface area contributed by atoms with E-state index in [2.05, 4.69) is 9.97 Å². The summed E-state index contributed by atoms with van der Waals surface area (Å²) >= 11 is 5.75. The summed E-state index contributed by atoms with van der Waals surface area (Å²) in [5, 5.41) is 1.45. The van der Waals surface area contributed by atoms with Crippen LogP contribution in [0, 0.1) is 0 Å². The number of aromatic nitrogens is 2. The minimum atomic E-state index is -0.166. The molecular formula is C18H25ClN4O4. The molecular weight excluding hydrogens is 372 g/mol. The van der Waals surface area contributed by atoms with Crippen molar-refractivity contribution in [2.75, 3.05) is 45.1 Å². The average Bonchev–Trinajstić information content (AvgIpc) is 2.68. The molecule has 2 rings (SSSR count). The number of hydroxylamine groups is 1. The molecule has 2 aromatic rings. The lowest BCUT2D eigenvalue weighted by molar-refractivity contribution is 0.0665. The van der Waals surface area contributed by atoms with Gasteiger partial charge < -0.3 is 19.9 Å². The predicted molar refractivity (Wildman–Crippen MR) is 105 cm³/mol. The maximum absolute atomic E-state index is 6.12. The van der Waals surface area contributed by atoms with Crippen LogP contribution in [0.5, 0.6) is 17.2 Å². The van der Waals surface area contributed by atoms with Crippen LogP contribution in [0.4, 0.5) is 11.8 Å². The zero-order chi connectivity index (χ0) is 20.0. The van der Waals surface area contributed by atoms with Crippen LogP contribution in [-0.2, 0) is 11.3 Å². The van der Waals surface area contributed by atoms with Gasteiger partial charge in [0.15, 0.2) is 11.5 Å². The van der Waals surface area contributed by atoms with Crippen molar-refractivity contribution in [2.45, 2.75) is 19.4 Å². The third-order valence-electron chi connectivity index (χ3n) is 3.84. The van der Waals surface area contributed by atoms with Gasteiger partial charge in [-0.15, -0.1) is 11.6 Å². The molecule has 1 aromatic carbocycles. The minimum Gasteiger partial charge on any atom is -0.493 e. The number of anilines is 2. The Morgan fingerprint density at radius 2 is 1.78 bits per heavy atom. The monoisotopic (exact) mass is 396 g/mol. The Balaban J connectivity index is 2.25. The third kappa shape index (κ3) is 5.05. The van der Waals surface area contributed by atoms with Gasteiger partial charge in [0.25, 0.3) is 5.95 Å². The molecule has 8 nitrogen and oxygen atoms in total. The quantitative estimate of drug-likeness (QED) is 0.511. The van der Waals surface area contributed by atoms with Crippen molar-refractivity contribution in [3.05, 3.63) is 29.5 Å². The summed E-state index contributed by atoms with van der Waals surface area (Å²) in [5.74, 6) is 2.77. The van der Waals surface area contributed by atoms with E-state index in [9.17, 15) is 0 Å². The van der Waals surface area contributed by atoms with Gasteiger partial charge in [0.1, 0.15) is 5.82 Å². The highest BCUT2D eigenvalue weighted by molar-refractivity contribution is 6.18. The summed E-state index contributed by atoms with van der Waals surface area (Å²) in [5.41, 5.74) is 7.82. The van der Waals surface area contributed by atoms with E-state index < -0.39 is 0 Å². The topological polar surface area (TPSA) is 92.0 Å². The summed E-state index contributed by atoms with van der Waals surface area (Å²) in [4.78, 5) is 14.2. The molecule has 2 N–H and O–H groups in total. The van der Waals surface area contributed by atoms with Gasteiger partial charge in [-0.1, -0.05) is 0 Å². The van der Waals surface area contributed by atoms with Gasteiger partial charge in [-0.25, -0.2) is 10.0 Å². The molecule has 1 atom stereocenters. The maximum atomic E-state index is 6.12. The number of hydrogen-bond donors (Lipinski definition) is 1. The van der Waals surface area contributed by atoms with Crippen molar-refractivity contribution < 1.29 is 19.0 Å². The number of ether oxygens (including phenoxy) is 3. The fraction of sp³-hybridized carbons (Fsp3) is 0.444. The second-order valence-corrected chi connectivity index (χ2v) is 6.17. The smallest absolute Gasteiger partial charge is 0.251 e. The lowest BCUT2D eigenvalue weighted by Gasteiger charge is -2.20. The first-order valence-electron chi connectivity index (χ1n) is 8.30. The fourth-order valence-corrected chi connectivity index (χ4v) is 2.56. The molecule has 0 saturated heterocycles. The zero-order valence-corrected chi connectivity index (χ0v) is 16.9. The zero-order valence-electron chi connectivity index (χ0n) is 16.2. The lowest BCUT2D eigenvalue weighted by atomic mass is 10.1. The van der Waals surface area contributed by atoms with Gasteiger partial charge in [0, 0.05) is 25.2 Å². The van der Waals surface area contributed by atoms with Crippen molar-refractivity contribution in [1.29, 1.82) is 0 Å². The molecule has 0 aliphatic heterocycles. The van der Waals surface area contributed by atoms with E-state index >= 15 is 0 Å². The first kappa shape index (κ1) is 20.9. The van der Waals surface area contributed by atoms with Crippen LogP contribution in [0.3, 0.4) is 0 Å². The van der Waals surface area contributed by atoms with Gasteiger partial charge in [-0.05, 0) is 24.6 Å². The number of rotatable bonds is 9. The maximum Gasteiger partial charge on any atom is 0.251 e. The van der Waals surface area contributed by atoms with Gasteiger partial charge in [-0.3, -0.25) is 4.84 Å². The lowest BCUT2D eigenvalue weighted by Crippen LogP contribution is -2.27. The van der Waals surface area contributed by atoms with Crippen LogP contribution in [0.2, 0.25) is 0 Å². The van der Waals surface area contributed by atoms with E-state index in [-0.39, 0.29) is 6.10 Å². The van der Waals surface area contributed by atoms with E-state index in [1.54, 1.807) is 34.6 Å². The second kappa shape index (κ2) is 9.48. The molecule has 0 aliphatic rings. The number of nitrogens with zero attached hydrogens (tertiary/aromatic N) is 3. The number of methoxy groups -OCH3 is 3. The summed E-state index contributed by atoms with van der Waals surface area (Å²) in [7, 11) is 6.42. The molecule has 27 heavy (non-hydrogen) atoms. The van der Waals surface area contributed by atoms with Crippen LogP contribution in [-0.4, -0.2) is 50.3 Å². The van der Waals surface area contributed by atoms with E-state index in [4.69, 9.17) is 36.4 Å². The first-order chi connectivity index (χ1) is 12.9. The van der Waals surface area contributed by atoms with Gasteiger partial charge in [0.2, 0.25) is 5.75 Å². The van der Waals surface area contributed by atoms with E-state index in [0.717, 1.165) is 11.1 Å². The molecule has 9 heteroatoms. The Bertz CT molecular complexity index is 750. The van der Waals surface area contributed by atoms with E-state index in [0.29, 0.717) is 41.3 Å². The molecule has 1 heterocycles. The van der Waals surface area contributed by atoms with Crippen LogP contribution in [0.25, 0.3) is 0 Å². The molecule has 0 spiro atoms. The predicted octanol–water partition coefficient (Wildman–Crippen LogP) is 2.67. The molecule has 1 aromatic heterocycles. The van der Waals surface area contributed by atoms with Crippen molar-refractivity contribution >= 4 is 23.4 Å². The van der Waals surface area contributed by atoms with Gasteiger partial charge in [-0.2, -0.15) is 4.98 Å². The Hall–Kier alpha value is -2.45. The number of hydrogen-bond acceptors (Lipinski definition) is 8.